The van der Waals surface area contributed by atoms with Gasteiger partial charge in [0, 0.05) is 16.2 Å². The minimum absolute atomic E-state index is 0.0196. The second kappa shape index (κ2) is 11.2. The molecule has 0 radical (unpaired) electrons. The summed E-state index contributed by atoms with van der Waals surface area (Å²) in [6.45, 7) is 28.8. The molecule has 0 atom stereocenters. The number of aromatic nitrogens is 1. The van der Waals surface area contributed by atoms with Gasteiger partial charge < -0.3 is 19.0 Å². The smallest absolute Gasteiger partial charge is 0.498 e. The van der Waals surface area contributed by atoms with Crippen molar-refractivity contribution in [2.45, 2.75) is 138 Å². The van der Waals surface area contributed by atoms with Gasteiger partial charge in [-0.15, -0.1) is 0 Å². The highest BCUT2D eigenvalue weighted by Crippen LogP contribution is 2.43. The van der Waals surface area contributed by atoms with Crippen molar-refractivity contribution in [3.05, 3.63) is 65.2 Å². The van der Waals surface area contributed by atoms with Crippen LogP contribution in [-0.2, 0) is 26.6 Å². The fraction of sp³-hybridized carbons (Fsp3) is 0.550. The molecule has 45 heavy (non-hydrogen) atoms. The van der Waals surface area contributed by atoms with Crippen LogP contribution in [0.4, 0.5) is 0 Å². The van der Waals surface area contributed by atoms with E-state index in [0.717, 1.165) is 42.4 Å². The van der Waals surface area contributed by atoms with Gasteiger partial charge in [0.15, 0.2) is 0 Å². The number of nitrogens with zero attached hydrogens (tertiary/aromatic N) is 1. The minimum Gasteiger partial charge on any atom is -0.506 e. The van der Waals surface area contributed by atoms with Crippen LogP contribution >= 0.6 is 0 Å². The second-order valence-electron chi connectivity index (χ2n) is 17.4. The maximum absolute atomic E-state index is 12.4. The molecule has 0 bridgehead atoms. The van der Waals surface area contributed by atoms with E-state index in [2.05, 4.69) is 143 Å². The number of benzene rings is 3. The molecule has 5 rings (SSSR count). The predicted octanol–water partition coefficient (Wildman–Crippen LogP) is 10.1. The van der Waals surface area contributed by atoms with Gasteiger partial charge >= 0.3 is 7.12 Å². The van der Waals surface area contributed by atoms with E-state index >= 15 is 0 Å². The van der Waals surface area contributed by atoms with Gasteiger partial charge in [-0.3, -0.25) is 0 Å². The third-order valence-corrected chi connectivity index (χ3v) is 10.1. The van der Waals surface area contributed by atoms with Crippen LogP contribution in [0.3, 0.4) is 0 Å². The van der Waals surface area contributed by atoms with E-state index in [4.69, 9.17) is 9.31 Å². The number of hydrogen-bond acceptors (Lipinski definition) is 3. The van der Waals surface area contributed by atoms with E-state index in [0.29, 0.717) is 5.46 Å². The Bertz CT molecular complexity index is 1710. The SMILES string of the molecule is CCCCc1ccc2c3ccc(C(C)(C)C)cc3n(-c3cc(C(C)(C)CC(C)(C)C)cc(B4OC(C)(C)C(C)(C)O4)c3O)c2c1. The number of unbranched alkanes of at least 4 members (excludes halogenated alkanes) is 1. The van der Waals surface area contributed by atoms with Gasteiger partial charge in [-0.2, -0.15) is 0 Å². The van der Waals surface area contributed by atoms with Crippen LogP contribution in [0.1, 0.15) is 126 Å². The average Bonchev–Trinajstić information content (AvgIpc) is 3.33. The van der Waals surface area contributed by atoms with Crippen molar-refractivity contribution in [3.63, 3.8) is 0 Å². The van der Waals surface area contributed by atoms with Crippen LogP contribution in [0.2, 0.25) is 0 Å². The molecule has 1 aliphatic rings. The lowest BCUT2D eigenvalue weighted by molar-refractivity contribution is 0.00578. The molecule has 2 heterocycles. The molecule has 0 aliphatic carbocycles. The molecule has 0 unspecified atom stereocenters. The Labute approximate surface area is 272 Å². The molecule has 0 spiro atoms. The number of fused-ring (bicyclic) bond motifs is 3. The van der Waals surface area contributed by atoms with Crippen LogP contribution < -0.4 is 5.46 Å². The van der Waals surface area contributed by atoms with Gasteiger partial charge in [0.25, 0.3) is 0 Å². The highest BCUT2D eigenvalue weighted by atomic mass is 16.7. The van der Waals surface area contributed by atoms with Crippen LogP contribution in [-0.4, -0.2) is 28.0 Å². The Morgan fingerprint density at radius 2 is 1.33 bits per heavy atom. The largest absolute Gasteiger partial charge is 0.506 e. The molecule has 1 aromatic heterocycles. The molecule has 4 aromatic rings. The summed E-state index contributed by atoms with van der Waals surface area (Å²) in [6, 6.07) is 18.1. The fourth-order valence-electron chi connectivity index (χ4n) is 7.11. The minimum atomic E-state index is -0.683. The van der Waals surface area contributed by atoms with Crippen molar-refractivity contribution in [1.82, 2.24) is 4.57 Å². The molecule has 1 aliphatic heterocycles. The lowest BCUT2D eigenvalue weighted by Gasteiger charge is -2.34. The normalized spacial score (nSPS) is 17.1. The fourth-order valence-corrected chi connectivity index (χ4v) is 7.11. The van der Waals surface area contributed by atoms with E-state index in [-0.39, 0.29) is 22.0 Å². The number of phenols is 1. The van der Waals surface area contributed by atoms with Gasteiger partial charge in [0.05, 0.1) is 27.9 Å². The zero-order valence-corrected chi connectivity index (χ0v) is 30.2. The summed E-state index contributed by atoms with van der Waals surface area (Å²) in [7, 11) is -0.683. The first kappa shape index (κ1) is 33.6. The van der Waals surface area contributed by atoms with Crippen molar-refractivity contribution in [1.29, 1.82) is 0 Å². The van der Waals surface area contributed by atoms with Crippen LogP contribution in [0.25, 0.3) is 27.5 Å². The third kappa shape index (κ3) is 6.32. The number of aromatic hydroxyl groups is 1. The van der Waals surface area contributed by atoms with Gasteiger partial charge in [0.1, 0.15) is 5.75 Å². The Balaban J connectivity index is 1.87. The van der Waals surface area contributed by atoms with E-state index in [1.165, 1.54) is 27.5 Å². The first-order valence-electron chi connectivity index (χ1n) is 17.0. The Kier molecular flexibility index (Phi) is 8.36. The van der Waals surface area contributed by atoms with E-state index < -0.39 is 18.3 Å². The zero-order valence-electron chi connectivity index (χ0n) is 30.2. The molecular formula is C40H56BNO3. The standard InChI is InChI=1S/C40H56BNO3/c1-14-15-16-26-17-19-29-30-20-18-27(37(5,6)7)23-33(30)42(32(29)21-26)34-24-28(38(8,9)25-36(2,3)4)22-31(35(34)43)41-44-39(10,11)40(12,13)45-41/h17-24,43H,14-16,25H2,1-13H3. The van der Waals surface area contributed by atoms with Gasteiger partial charge in [0.2, 0.25) is 0 Å². The topological polar surface area (TPSA) is 43.6 Å². The van der Waals surface area contributed by atoms with Crippen LogP contribution in [0.5, 0.6) is 5.75 Å². The van der Waals surface area contributed by atoms with Crippen molar-refractivity contribution in [2.24, 2.45) is 5.41 Å². The monoisotopic (exact) mass is 609 g/mol. The molecule has 1 N–H and O–H groups in total. The van der Waals surface area contributed by atoms with Crippen molar-refractivity contribution >= 4 is 34.4 Å². The lowest BCUT2D eigenvalue weighted by Crippen LogP contribution is -2.41. The molecule has 0 amide bonds. The summed E-state index contributed by atoms with van der Waals surface area (Å²) in [5.41, 5.74) is 6.32. The molecule has 3 aromatic carbocycles. The molecule has 5 heteroatoms. The summed E-state index contributed by atoms with van der Waals surface area (Å²) in [6.07, 6.45) is 4.31. The number of aryl methyl sites for hydroxylation is 1. The Morgan fingerprint density at radius 3 is 1.89 bits per heavy atom. The Morgan fingerprint density at radius 1 is 0.756 bits per heavy atom. The van der Waals surface area contributed by atoms with Crippen molar-refractivity contribution in [2.75, 3.05) is 0 Å². The third-order valence-electron chi connectivity index (χ3n) is 10.1. The van der Waals surface area contributed by atoms with E-state index in [1.807, 2.05) is 0 Å². The molecule has 242 valence electrons. The molecule has 1 saturated heterocycles. The van der Waals surface area contributed by atoms with Crippen molar-refractivity contribution in [3.8, 4) is 11.4 Å². The molecule has 4 nitrogen and oxygen atoms in total. The lowest BCUT2D eigenvalue weighted by atomic mass is 9.69. The van der Waals surface area contributed by atoms with Gasteiger partial charge in [-0.1, -0.05) is 99.1 Å². The van der Waals surface area contributed by atoms with Crippen LogP contribution in [0.15, 0.2) is 48.5 Å². The zero-order chi connectivity index (χ0) is 33.3. The molecule has 0 saturated carbocycles. The Hall–Kier alpha value is -2.76. The van der Waals surface area contributed by atoms with Crippen LogP contribution in [0, 0.1) is 5.41 Å². The quantitative estimate of drug-likeness (QED) is 0.212. The highest BCUT2D eigenvalue weighted by Gasteiger charge is 2.53. The molecular weight excluding hydrogens is 553 g/mol. The summed E-state index contributed by atoms with van der Waals surface area (Å²) in [5, 5.41) is 14.7. The summed E-state index contributed by atoms with van der Waals surface area (Å²) >= 11 is 0. The first-order valence-corrected chi connectivity index (χ1v) is 17.0. The van der Waals surface area contributed by atoms with Crippen molar-refractivity contribution < 1.29 is 14.4 Å². The van der Waals surface area contributed by atoms with Gasteiger partial charge in [-0.25, -0.2) is 0 Å². The summed E-state index contributed by atoms with van der Waals surface area (Å²) in [4.78, 5) is 0. The average molecular weight is 610 g/mol. The molecule has 1 fully saturated rings. The summed E-state index contributed by atoms with van der Waals surface area (Å²) < 4.78 is 15.5. The second-order valence-corrected chi connectivity index (χ2v) is 17.4. The number of phenolic OH excluding ortho intramolecular Hbond substituents is 1. The van der Waals surface area contributed by atoms with E-state index in [9.17, 15) is 5.11 Å². The maximum atomic E-state index is 12.4. The maximum Gasteiger partial charge on any atom is 0.498 e. The predicted molar refractivity (Wildman–Crippen MR) is 193 cm³/mol. The highest BCUT2D eigenvalue weighted by molar-refractivity contribution is 6.63. The van der Waals surface area contributed by atoms with Gasteiger partial charge in [-0.05, 0) is 98.1 Å². The number of rotatable bonds is 7. The summed E-state index contributed by atoms with van der Waals surface area (Å²) in [5.74, 6) is 0.211. The first-order chi connectivity index (χ1) is 20.6. The van der Waals surface area contributed by atoms with E-state index in [1.54, 1.807) is 0 Å². The number of hydrogen-bond donors (Lipinski definition) is 1.